The summed E-state index contributed by atoms with van der Waals surface area (Å²) in [6.07, 6.45) is 2.82. The molecule has 2 aromatic rings. The van der Waals surface area contributed by atoms with Gasteiger partial charge in [0.2, 0.25) is 11.8 Å². The Balaban J connectivity index is 1.51. The van der Waals surface area contributed by atoms with Crippen LogP contribution in [0.5, 0.6) is 0 Å². The first-order valence-electron chi connectivity index (χ1n) is 14.1. The highest BCUT2D eigenvalue weighted by Gasteiger charge is 2.46. The summed E-state index contributed by atoms with van der Waals surface area (Å²) in [6, 6.07) is 10.1. The molecule has 2 fully saturated rings. The van der Waals surface area contributed by atoms with E-state index in [0.29, 0.717) is 36.8 Å². The number of benzene rings is 2. The standard InChI is InChI=1S/C31H41FN4O4/c1-6-25(30(39)36-26(12-13-27(36)31(4,5)40)21-8-7-9-24(32)17-21)33-28(37)22-11-10-20(18(2)14-22)16-23-15-19(3)34-35-29(23)38/h7-11,14,17,19,23,25-27,34,40H,6,12-13,15-16H2,1-5H3,(H,33,37)(H,35,38)/t19?,23?,25-,26+,27-/m1/s1. The van der Waals surface area contributed by atoms with Gasteiger partial charge >= 0.3 is 0 Å². The summed E-state index contributed by atoms with van der Waals surface area (Å²) in [5.74, 6) is -1.23. The summed E-state index contributed by atoms with van der Waals surface area (Å²) in [5, 5.41) is 13.8. The molecule has 0 spiro atoms. The number of halogens is 1. The molecule has 9 heteroatoms. The number of hydrogen-bond donors (Lipinski definition) is 4. The molecule has 0 saturated carbocycles. The van der Waals surface area contributed by atoms with Gasteiger partial charge in [-0.3, -0.25) is 19.8 Å². The van der Waals surface area contributed by atoms with E-state index in [2.05, 4.69) is 16.2 Å². The molecule has 2 unspecified atom stereocenters. The molecule has 0 bridgehead atoms. The molecular formula is C31H41FN4O4. The molecule has 5 atom stereocenters. The maximum absolute atomic E-state index is 14.1. The van der Waals surface area contributed by atoms with Gasteiger partial charge < -0.3 is 15.3 Å². The van der Waals surface area contributed by atoms with E-state index in [1.54, 1.807) is 43.0 Å². The predicted octanol–water partition coefficient (Wildman–Crippen LogP) is 3.72. The Morgan fingerprint density at radius 2 is 1.95 bits per heavy atom. The van der Waals surface area contributed by atoms with Gasteiger partial charge in [-0.05, 0) is 101 Å². The minimum absolute atomic E-state index is 0.0357. The Hall–Kier alpha value is -3.30. The van der Waals surface area contributed by atoms with E-state index >= 15 is 0 Å². The highest BCUT2D eigenvalue weighted by atomic mass is 19.1. The van der Waals surface area contributed by atoms with Crippen molar-refractivity contribution in [2.24, 2.45) is 5.92 Å². The molecule has 2 heterocycles. The summed E-state index contributed by atoms with van der Waals surface area (Å²) in [6.45, 7) is 9.10. The van der Waals surface area contributed by atoms with E-state index in [4.69, 9.17) is 0 Å². The van der Waals surface area contributed by atoms with Crippen LogP contribution in [0, 0.1) is 18.7 Å². The third kappa shape index (κ3) is 6.53. The molecule has 0 radical (unpaired) electrons. The fourth-order valence-electron chi connectivity index (χ4n) is 6.01. The van der Waals surface area contributed by atoms with Crippen molar-refractivity contribution in [3.05, 3.63) is 70.5 Å². The summed E-state index contributed by atoms with van der Waals surface area (Å²) in [7, 11) is 0. The summed E-state index contributed by atoms with van der Waals surface area (Å²) in [5.41, 5.74) is 7.50. The quantitative estimate of drug-likeness (QED) is 0.399. The van der Waals surface area contributed by atoms with Crippen LogP contribution in [0.25, 0.3) is 0 Å². The van der Waals surface area contributed by atoms with Gasteiger partial charge in [0.15, 0.2) is 0 Å². The number of nitrogens with one attached hydrogen (secondary N) is 3. The first-order valence-corrected chi connectivity index (χ1v) is 14.1. The van der Waals surface area contributed by atoms with Gasteiger partial charge in [-0.2, -0.15) is 0 Å². The molecule has 2 aromatic carbocycles. The first kappa shape index (κ1) is 29.7. The van der Waals surface area contributed by atoms with E-state index in [1.165, 1.54) is 12.1 Å². The number of carbonyl (C=O) groups is 3. The van der Waals surface area contributed by atoms with Gasteiger partial charge in [-0.25, -0.2) is 9.82 Å². The molecule has 2 saturated heterocycles. The summed E-state index contributed by atoms with van der Waals surface area (Å²) < 4.78 is 14.1. The van der Waals surface area contributed by atoms with Crippen LogP contribution in [0.4, 0.5) is 4.39 Å². The lowest BCUT2D eigenvalue weighted by Crippen LogP contribution is -2.55. The first-order chi connectivity index (χ1) is 18.9. The van der Waals surface area contributed by atoms with Crippen molar-refractivity contribution in [1.82, 2.24) is 21.1 Å². The normalized spacial score (nSPS) is 24.0. The van der Waals surface area contributed by atoms with E-state index in [9.17, 15) is 23.9 Å². The van der Waals surface area contributed by atoms with Crippen LogP contribution < -0.4 is 16.2 Å². The number of carbonyl (C=O) groups excluding carboxylic acids is 3. The summed E-state index contributed by atoms with van der Waals surface area (Å²) >= 11 is 0. The number of hydrogen-bond acceptors (Lipinski definition) is 5. The van der Waals surface area contributed by atoms with Crippen LogP contribution in [0.1, 0.15) is 86.5 Å². The zero-order valence-electron chi connectivity index (χ0n) is 24.0. The van der Waals surface area contributed by atoms with E-state index < -0.39 is 23.7 Å². The fourth-order valence-corrected chi connectivity index (χ4v) is 6.01. The number of amides is 3. The fraction of sp³-hybridized carbons (Fsp3) is 0.516. The number of rotatable bonds is 8. The van der Waals surface area contributed by atoms with Gasteiger partial charge in [0.25, 0.3) is 5.91 Å². The molecular weight excluding hydrogens is 511 g/mol. The van der Waals surface area contributed by atoms with Crippen LogP contribution in [0.3, 0.4) is 0 Å². The van der Waals surface area contributed by atoms with Crippen LogP contribution >= 0.6 is 0 Å². The average molecular weight is 553 g/mol. The second-order valence-corrected chi connectivity index (χ2v) is 11.8. The maximum atomic E-state index is 14.1. The number of hydrazine groups is 1. The minimum atomic E-state index is -1.17. The van der Waals surface area contributed by atoms with Crippen molar-refractivity contribution in [3.8, 4) is 0 Å². The third-order valence-electron chi connectivity index (χ3n) is 8.22. The molecule has 0 aromatic heterocycles. The second kappa shape index (κ2) is 12.1. The smallest absolute Gasteiger partial charge is 0.251 e. The zero-order valence-corrected chi connectivity index (χ0v) is 24.0. The Labute approximate surface area is 235 Å². The average Bonchev–Trinajstić information content (AvgIpc) is 3.36. The van der Waals surface area contributed by atoms with Crippen molar-refractivity contribution in [1.29, 1.82) is 0 Å². The van der Waals surface area contributed by atoms with Gasteiger partial charge in [-0.1, -0.05) is 25.1 Å². The lowest BCUT2D eigenvalue weighted by atomic mass is 9.89. The number of nitrogens with zero attached hydrogens (tertiary/aromatic N) is 1. The minimum Gasteiger partial charge on any atom is -0.388 e. The van der Waals surface area contributed by atoms with Gasteiger partial charge in [0, 0.05) is 17.5 Å². The van der Waals surface area contributed by atoms with Crippen LogP contribution in [0.2, 0.25) is 0 Å². The molecule has 3 amide bonds. The zero-order chi connectivity index (χ0) is 29.2. The predicted molar refractivity (Wildman–Crippen MR) is 151 cm³/mol. The highest BCUT2D eigenvalue weighted by Crippen LogP contribution is 2.41. The number of aryl methyl sites for hydroxylation is 1. The van der Waals surface area contributed by atoms with Crippen molar-refractivity contribution in [2.45, 2.75) is 96.5 Å². The van der Waals surface area contributed by atoms with Crippen molar-refractivity contribution in [3.63, 3.8) is 0 Å². The van der Waals surface area contributed by atoms with E-state index in [0.717, 1.165) is 17.5 Å². The van der Waals surface area contributed by atoms with Gasteiger partial charge in [0.1, 0.15) is 11.9 Å². The SMILES string of the molecule is CC[C@@H](NC(=O)c1ccc(CC2CC(C)NNC2=O)c(C)c1)C(=O)N1[C@H](c2cccc(F)c2)CC[C@@H]1C(C)(C)O. The lowest BCUT2D eigenvalue weighted by molar-refractivity contribution is -0.141. The Morgan fingerprint density at radius 1 is 1.20 bits per heavy atom. The third-order valence-corrected chi connectivity index (χ3v) is 8.22. The molecule has 216 valence electrons. The van der Waals surface area contributed by atoms with Crippen molar-refractivity contribution in [2.75, 3.05) is 0 Å². The molecule has 4 N–H and O–H groups in total. The highest BCUT2D eigenvalue weighted by molar-refractivity contribution is 5.98. The molecule has 0 aliphatic carbocycles. The second-order valence-electron chi connectivity index (χ2n) is 11.8. The Bertz CT molecular complexity index is 1260. The largest absolute Gasteiger partial charge is 0.388 e. The van der Waals surface area contributed by atoms with Gasteiger partial charge in [0.05, 0.1) is 17.7 Å². The topological polar surface area (TPSA) is 111 Å². The van der Waals surface area contributed by atoms with Crippen LogP contribution in [-0.4, -0.2) is 51.5 Å². The lowest BCUT2D eigenvalue weighted by Gasteiger charge is -2.39. The Morgan fingerprint density at radius 3 is 2.60 bits per heavy atom. The van der Waals surface area contributed by atoms with E-state index in [-0.39, 0.29) is 35.5 Å². The van der Waals surface area contributed by atoms with E-state index in [1.807, 2.05) is 26.8 Å². The molecule has 4 rings (SSSR count). The number of likely N-dealkylation sites (tertiary alicyclic amines) is 1. The van der Waals surface area contributed by atoms with Crippen molar-refractivity contribution >= 4 is 17.7 Å². The van der Waals surface area contributed by atoms with Crippen LogP contribution in [0.15, 0.2) is 42.5 Å². The molecule has 8 nitrogen and oxygen atoms in total. The Kier molecular flexibility index (Phi) is 8.95. The maximum Gasteiger partial charge on any atom is 0.251 e. The number of aliphatic hydroxyl groups is 1. The molecule has 40 heavy (non-hydrogen) atoms. The molecule has 2 aliphatic rings. The van der Waals surface area contributed by atoms with Gasteiger partial charge in [-0.15, -0.1) is 0 Å². The van der Waals surface area contributed by atoms with Crippen LogP contribution in [-0.2, 0) is 16.0 Å². The summed E-state index contributed by atoms with van der Waals surface area (Å²) in [4.78, 5) is 41.1. The monoisotopic (exact) mass is 552 g/mol. The van der Waals surface area contributed by atoms with Crippen molar-refractivity contribution < 1.29 is 23.9 Å². The molecule has 2 aliphatic heterocycles.